The molecular formula is C20H24FN3O5S. The number of sulfonamides is 1. The van der Waals surface area contributed by atoms with Crippen molar-refractivity contribution in [2.24, 2.45) is 5.92 Å². The minimum Gasteiger partial charge on any atom is -0.459 e. The van der Waals surface area contributed by atoms with Crippen LogP contribution < -0.4 is 5.32 Å². The van der Waals surface area contributed by atoms with E-state index in [1.54, 1.807) is 6.07 Å². The molecule has 8 nitrogen and oxygen atoms in total. The first-order valence-electron chi connectivity index (χ1n) is 9.59. The number of nitrogens with one attached hydrogen (secondary N) is 1. The normalized spacial score (nSPS) is 16.5. The van der Waals surface area contributed by atoms with Crippen molar-refractivity contribution in [3.8, 4) is 0 Å². The number of rotatable bonds is 6. The molecule has 0 radical (unpaired) electrons. The van der Waals surface area contributed by atoms with Gasteiger partial charge in [-0.1, -0.05) is 26.0 Å². The Labute approximate surface area is 174 Å². The Balaban J connectivity index is 1.66. The number of nitrogens with zero attached hydrogens (tertiary/aromatic N) is 2. The van der Waals surface area contributed by atoms with E-state index in [0.29, 0.717) is 0 Å². The lowest BCUT2D eigenvalue weighted by Crippen LogP contribution is -2.57. The van der Waals surface area contributed by atoms with Crippen LogP contribution in [-0.2, 0) is 14.8 Å². The quantitative estimate of drug-likeness (QED) is 0.742. The summed E-state index contributed by atoms with van der Waals surface area (Å²) in [4.78, 5) is 26.4. The zero-order valence-corrected chi connectivity index (χ0v) is 17.6. The van der Waals surface area contributed by atoms with Crippen LogP contribution in [0.1, 0.15) is 24.4 Å². The maximum atomic E-state index is 14.0. The van der Waals surface area contributed by atoms with Crippen LogP contribution in [0.2, 0.25) is 0 Å². The van der Waals surface area contributed by atoms with Crippen LogP contribution >= 0.6 is 0 Å². The van der Waals surface area contributed by atoms with Crippen molar-refractivity contribution >= 4 is 21.8 Å². The van der Waals surface area contributed by atoms with Crippen molar-refractivity contribution in [3.63, 3.8) is 0 Å². The molecule has 2 heterocycles. The second-order valence-electron chi connectivity index (χ2n) is 7.33. The number of benzene rings is 1. The Morgan fingerprint density at radius 1 is 1.07 bits per heavy atom. The highest BCUT2D eigenvalue weighted by Crippen LogP contribution is 2.21. The molecule has 1 N–H and O–H groups in total. The first-order valence-corrected chi connectivity index (χ1v) is 11.0. The molecule has 1 aliphatic rings. The minimum absolute atomic E-state index is 0.0410. The number of carbonyl (C=O) groups excluding carboxylic acids is 2. The number of amides is 2. The van der Waals surface area contributed by atoms with Crippen molar-refractivity contribution in [3.05, 3.63) is 54.2 Å². The van der Waals surface area contributed by atoms with Gasteiger partial charge in [-0.2, -0.15) is 4.31 Å². The van der Waals surface area contributed by atoms with Gasteiger partial charge in [-0.25, -0.2) is 12.8 Å². The zero-order chi connectivity index (χ0) is 21.9. The predicted molar refractivity (Wildman–Crippen MR) is 107 cm³/mol. The maximum absolute atomic E-state index is 14.0. The number of furan rings is 1. The molecule has 0 bridgehead atoms. The van der Waals surface area contributed by atoms with Gasteiger partial charge in [-0.05, 0) is 30.2 Å². The van der Waals surface area contributed by atoms with Gasteiger partial charge >= 0.3 is 0 Å². The van der Waals surface area contributed by atoms with E-state index in [4.69, 9.17) is 4.42 Å². The lowest BCUT2D eigenvalue weighted by atomic mass is 10.0. The van der Waals surface area contributed by atoms with Gasteiger partial charge in [0.1, 0.15) is 16.8 Å². The van der Waals surface area contributed by atoms with Crippen LogP contribution in [0.4, 0.5) is 4.39 Å². The average Bonchev–Trinajstić information content (AvgIpc) is 3.26. The van der Waals surface area contributed by atoms with Crippen LogP contribution in [-0.4, -0.2) is 61.7 Å². The van der Waals surface area contributed by atoms with Crippen molar-refractivity contribution < 1.29 is 26.8 Å². The molecular weight excluding hydrogens is 413 g/mol. The number of carbonyl (C=O) groups is 2. The molecule has 0 spiro atoms. The van der Waals surface area contributed by atoms with Crippen LogP contribution in [0.15, 0.2) is 52.0 Å². The fourth-order valence-electron chi connectivity index (χ4n) is 3.27. The summed E-state index contributed by atoms with van der Waals surface area (Å²) in [5.41, 5.74) is 0. The summed E-state index contributed by atoms with van der Waals surface area (Å²) >= 11 is 0. The molecule has 0 saturated carbocycles. The van der Waals surface area contributed by atoms with Gasteiger partial charge in [0.15, 0.2) is 5.76 Å². The molecule has 1 atom stereocenters. The van der Waals surface area contributed by atoms with Crippen LogP contribution in [0.5, 0.6) is 0 Å². The van der Waals surface area contributed by atoms with Gasteiger partial charge in [0.2, 0.25) is 15.9 Å². The van der Waals surface area contributed by atoms with Crippen molar-refractivity contribution in [1.82, 2.24) is 14.5 Å². The molecule has 10 heteroatoms. The molecule has 1 fully saturated rings. The Morgan fingerprint density at radius 3 is 2.30 bits per heavy atom. The lowest BCUT2D eigenvalue weighted by Gasteiger charge is -2.36. The number of hydrogen-bond acceptors (Lipinski definition) is 5. The Morgan fingerprint density at radius 2 is 1.73 bits per heavy atom. The third kappa shape index (κ3) is 4.54. The largest absolute Gasteiger partial charge is 0.459 e. The Kier molecular flexibility index (Phi) is 6.57. The van der Waals surface area contributed by atoms with Gasteiger partial charge < -0.3 is 14.6 Å². The summed E-state index contributed by atoms with van der Waals surface area (Å²) in [5, 5.41) is 2.69. The van der Waals surface area contributed by atoms with E-state index in [0.717, 1.165) is 6.07 Å². The molecule has 1 aromatic heterocycles. The van der Waals surface area contributed by atoms with Crippen molar-refractivity contribution in [2.75, 3.05) is 26.2 Å². The van der Waals surface area contributed by atoms with E-state index < -0.39 is 27.8 Å². The smallest absolute Gasteiger partial charge is 0.287 e. The molecule has 1 aliphatic heterocycles. The molecule has 1 saturated heterocycles. The zero-order valence-electron chi connectivity index (χ0n) is 16.7. The fourth-order valence-corrected chi connectivity index (χ4v) is 4.76. The molecule has 2 aromatic rings. The monoisotopic (exact) mass is 437 g/mol. The average molecular weight is 437 g/mol. The molecule has 1 aromatic carbocycles. The third-order valence-corrected chi connectivity index (χ3v) is 6.90. The van der Waals surface area contributed by atoms with Crippen LogP contribution in [0, 0.1) is 11.7 Å². The van der Waals surface area contributed by atoms with Crippen LogP contribution in [0.3, 0.4) is 0 Å². The van der Waals surface area contributed by atoms with E-state index in [9.17, 15) is 22.4 Å². The van der Waals surface area contributed by atoms with E-state index in [2.05, 4.69) is 5.32 Å². The van der Waals surface area contributed by atoms with Gasteiger partial charge in [0.25, 0.3) is 5.91 Å². The van der Waals surface area contributed by atoms with Crippen LogP contribution in [0.25, 0.3) is 0 Å². The third-order valence-electron chi connectivity index (χ3n) is 4.97. The second-order valence-corrected chi connectivity index (χ2v) is 9.24. The topological polar surface area (TPSA) is 99.9 Å². The highest BCUT2D eigenvalue weighted by molar-refractivity contribution is 7.89. The van der Waals surface area contributed by atoms with E-state index in [1.807, 2.05) is 13.8 Å². The highest BCUT2D eigenvalue weighted by atomic mass is 32.2. The summed E-state index contributed by atoms with van der Waals surface area (Å²) in [7, 11) is -3.99. The second kappa shape index (κ2) is 8.97. The predicted octanol–water partition coefficient (Wildman–Crippen LogP) is 1.71. The van der Waals surface area contributed by atoms with E-state index in [1.165, 1.54) is 39.7 Å². The summed E-state index contributed by atoms with van der Waals surface area (Å²) < 4.78 is 45.6. The maximum Gasteiger partial charge on any atom is 0.287 e. The van der Waals surface area contributed by atoms with Gasteiger partial charge in [0.05, 0.1) is 6.26 Å². The first kappa shape index (κ1) is 22.0. The number of piperazine rings is 1. The standard InChI is InChI=1S/C20H24FN3O5S/c1-14(2)18(22-19(25)16-7-5-13-29-16)20(26)23-9-11-24(12-10-23)30(27,28)17-8-4-3-6-15(17)21/h3-8,13-14,18H,9-12H2,1-2H3,(H,22,25)/t18-/m0/s1. The Hall–Kier alpha value is -2.72. The Bertz CT molecular complexity index is 999. The minimum atomic E-state index is -3.99. The molecule has 162 valence electrons. The molecule has 2 amide bonds. The summed E-state index contributed by atoms with van der Waals surface area (Å²) in [6.45, 7) is 3.99. The number of halogens is 1. The summed E-state index contributed by atoms with van der Waals surface area (Å²) in [6.07, 6.45) is 1.37. The fraction of sp³-hybridized carbons (Fsp3) is 0.400. The summed E-state index contributed by atoms with van der Waals surface area (Å²) in [5.74, 6) is -1.68. The van der Waals surface area contributed by atoms with Gasteiger partial charge in [0, 0.05) is 26.2 Å². The van der Waals surface area contributed by atoms with Crippen molar-refractivity contribution in [1.29, 1.82) is 0 Å². The van der Waals surface area contributed by atoms with Gasteiger partial charge in [-0.15, -0.1) is 0 Å². The van der Waals surface area contributed by atoms with E-state index >= 15 is 0 Å². The lowest BCUT2D eigenvalue weighted by molar-refractivity contribution is -0.135. The number of hydrogen-bond donors (Lipinski definition) is 1. The molecule has 0 unspecified atom stereocenters. The first-order chi connectivity index (χ1) is 14.2. The molecule has 0 aliphatic carbocycles. The van der Waals surface area contributed by atoms with Crippen molar-refractivity contribution in [2.45, 2.75) is 24.8 Å². The highest BCUT2D eigenvalue weighted by Gasteiger charge is 2.35. The molecule has 3 rings (SSSR count). The summed E-state index contributed by atoms with van der Waals surface area (Å²) in [6, 6.07) is 7.51. The van der Waals surface area contributed by atoms with E-state index in [-0.39, 0.29) is 48.7 Å². The SMILES string of the molecule is CC(C)[C@H](NC(=O)c1ccco1)C(=O)N1CCN(S(=O)(=O)c2ccccc2F)CC1. The molecule has 30 heavy (non-hydrogen) atoms. The van der Waals surface area contributed by atoms with Gasteiger partial charge in [-0.3, -0.25) is 9.59 Å².